The number of nitrogen functional groups attached to an aromatic ring is 2. The van der Waals surface area contributed by atoms with Crippen molar-refractivity contribution in [1.82, 2.24) is 0 Å². The van der Waals surface area contributed by atoms with Gasteiger partial charge in [0, 0.05) is 11.3 Å². The molecule has 0 spiro atoms. The van der Waals surface area contributed by atoms with Crippen LogP contribution in [0, 0.1) is 0 Å². The van der Waals surface area contributed by atoms with Crippen LogP contribution < -0.4 is 20.9 Å². The molecule has 5 nitrogen and oxygen atoms in total. The van der Waals surface area contributed by atoms with Crippen LogP contribution in [0.3, 0.4) is 0 Å². The summed E-state index contributed by atoms with van der Waals surface area (Å²) < 4.78 is 11.5. The van der Waals surface area contributed by atoms with Gasteiger partial charge in [0.2, 0.25) is 0 Å². The maximum atomic E-state index is 12.1. The van der Waals surface area contributed by atoms with Crippen LogP contribution in [0.15, 0.2) is 78.9 Å². The SMILES string of the molecule is Nc1ccc(OCCCCCCOc2ccc(C=CC(=O)c3ccccc3)cc2)c(N)c1. The molecular formula is C27H30N2O3. The van der Waals surface area contributed by atoms with Crippen LogP contribution in [-0.4, -0.2) is 19.0 Å². The zero-order valence-electron chi connectivity index (χ0n) is 18.2. The van der Waals surface area contributed by atoms with E-state index in [1.807, 2.05) is 60.7 Å². The molecule has 0 saturated heterocycles. The van der Waals surface area contributed by atoms with Gasteiger partial charge >= 0.3 is 0 Å². The Labute approximate surface area is 189 Å². The lowest BCUT2D eigenvalue weighted by Gasteiger charge is -2.09. The number of unbranched alkanes of at least 4 members (excludes halogenated alkanes) is 3. The van der Waals surface area contributed by atoms with Crippen LogP contribution in [0.2, 0.25) is 0 Å². The number of anilines is 2. The van der Waals surface area contributed by atoms with E-state index < -0.39 is 0 Å². The van der Waals surface area contributed by atoms with Crippen molar-refractivity contribution >= 4 is 23.2 Å². The zero-order chi connectivity index (χ0) is 22.6. The third kappa shape index (κ3) is 7.51. The fourth-order valence-corrected chi connectivity index (χ4v) is 3.17. The van der Waals surface area contributed by atoms with Crippen LogP contribution in [0.4, 0.5) is 11.4 Å². The summed E-state index contributed by atoms with van der Waals surface area (Å²) in [4.78, 5) is 12.1. The molecule has 166 valence electrons. The number of allylic oxidation sites excluding steroid dienone is 1. The third-order valence-corrected chi connectivity index (χ3v) is 4.96. The van der Waals surface area contributed by atoms with Crippen LogP contribution in [0.1, 0.15) is 41.6 Å². The average molecular weight is 431 g/mol. The zero-order valence-corrected chi connectivity index (χ0v) is 18.2. The molecule has 0 amide bonds. The molecular weight excluding hydrogens is 400 g/mol. The number of hydrogen-bond acceptors (Lipinski definition) is 5. The Morgan fingerprint density at radius 1 is 0.781 bits per heavy atom. The topological polar surface area (TPSA) is 87.6 Å². The molecule has 5 heteroatoms. The predicted octanol–water partition coefficient (Wildman–Crippen LogP) is 5.77. The van der Waals surface area contributed by atoms with Gasteiger partial charge in [-0.15, -0.1) is 0 Å². The summed E-state index contributed by atoms with van der Waals surface area (Å²) in [7, 11) is 0. The minimum Gasteiger partial charge on any atom is -0.494 e. The number of hydrogen-bond donors (Lipinski definition) is 2. The van der Waals surface area contributed by atoms with E-state index in [0.717, 1.165) is 37.0 Å². The van der Waals surface area contributed by atoms with Gasteiger partial charge in [-0.05, 0) is 67.7 Å². The van der Waals surface area contributed by atoms with Crippen molar-refractivity contribution in [2.24, 2.45) is 0 Å². The van der Waals surface area contributed by atoms with Gasteiger partial charge in [-0.25, -0.2) is 0 Å². The molecule has 0 fully saturated rings. The molecule has 0 atom stereocenters. The first-order chi connectivity index (χ1) is 15.6. The average Bonchev–Trinajstić information content (AvgIpc) is 2.81. The summed E-state index contributed by atoms with van der Waals surface area (Å²) in [5, 5.41) is 0. The van der Waals surface area contributed by atoms with E-state index in [4.69, 9.17) is 20.9 Å². The van der Waals surface area contributed by atoms with Gasteiger partial charge in [-0.1, -0.05) is 48.5 Å². The molecule has 4 N–H and O–H groups in total. The highest BCUT2D eigenvalue weighted by atomic mass is 16.5. The van der Waals surface area contributed by atoms with Crippen molar-refractivity contribution in [3.05, 3.63) is 90.0 Å². The minimum atomic E-state index is -0.00624. The highest BCUT2D eigenvalue weighted by Crippen LogP contribution is 2.23. The highest BCUT2D eigenvalue weighted by Gasteiger charge is 2.01. The fourth-order valence-electron chi connectivity index (χ4n) is 3.17. The summed E-state index contributed by atoms with van der Waals surface area (Å²) >= 11 is 0. The molecule has 0 bridgehead atoms. The van der Waals surface area contributed by atoms with E-state index in [1.54, 1.807) is 24.3 Å². The van der Waals surface area contributed by atoms with Crippen LogP contribution in [-0.2, 0) is 0 Å². The van der Waals surface area contributed by atoms with Gasteiger partial charge in [0.1, 0.15) is 11.5 Å². The maximum Gasteiger partial charge on any atom is 0.185 e. The Hall–Kier alpha value is -3.73. The Morgan fingerprint density at radius 2 is 1.47 bits per heavy atom. The second-order valence-corrected chi connectivity index (χ2v) is 7.54. The normalized spacial score (nSPS) is 10.9. The minimum absolute atomic E-state index is 0.00624. The van der Waals surface area contributed by atoms with E-state index >= 15 is 0 Å². The van der Waals surface area contributed by atoms with Crippen molar-refractivity contribution in [2.45, 2.75) is 25.7 Å². The van der Waals surface area contributed by atoms with E-state index in [2.05, 4.69) is 0 Å². The first kappa shape index (κ1) is 22.9. The molecule has 3 aromatic rings. The number of ketones is 1. The third-order valence-electron chi connectivity index (χ3n) is 4.96. The summed E-state index contributed by atoms with van der Waals surface area (Å²) in [6.45, 7) is 1.31. The number of rotatable bonds is 12. The van der Waals surface area contributed by atoms with Crippen molar-refractivity contribution in [3.63, 3.8) is 0 Å². The molecule has 0 aliphatic rings. The van der Waals surface area contributed by atoms with Gasteiger partial charge in [-0.3, -0.25) is 4.79 Å². The number of benzene rings is 3. The Kier molecular flexibility index (Phi) is 8.75. The molecule has 0 unspecified atom stereocenters. The molecule has 0 radical (unpaired) electrons. The van der Waals surface area contributed by atoms with E-state index in [-0.39, 0.29) is 5.78 Å². The van der Waals surface area contributed by atoms with Gasteiger partial charge in [0.25, 0.3) is 0 Å². The van der Waals surface area contributed by atoms with Crippen LogP contribution >= 0.6 is 0 Å². The summed E-state index contributed by atoms with van der Waals surface area (Å²) in [5.74, 6) is 1.51. The molecule has 0 saturated carbocycles. The quantitative estimate of drug-likeness (QED) is 0.165. The second kappa shape index (κ2) is 12.2. The molecule has 32 heavy (non-hydrogen) atoms. The smallest absolute Gasteiger partial charge is 0.185 e. The molecule has 0 heterocycles. The summed E-state index contributed by atoms with van der Waals surface area (Å²) in [6, 6.07) is 22.3. The van der Waals surface area contributed by atoms with Gasteiger partial charge in [-0.2, -0.15) is 0 Å². The molecule has 0 aliphatic heterocycles. The summed E-state index contributed by atoms with van der Waals surface area (Å²) in [5.41, 5.74) is 14.4. The van der Waals surface area contributed by atoms with Gasteiger partial charge in [0.15, 0.2) is 5.78 Å². The lowest BCUT2D eigenvalue weighted by molar-refractivity contribution is 0.104. The second-order valence-electron chi connectivity index (χ2n) is 7.54. The number of carbonyl (C=O) groups is 1. The Balaban J connectivity index is 1.28. The van der Waals surface area contributed by atoms with Gasteiger partial charge in [0.05, 0.1) is 18.9 Å². The Bertz CT molecular complexity index is 1010. The molecule has 0 aliphatic carbocycles. The maximum absolute atomic E-state index is 12.1. The van der Waals surface area contributed by atoms with E-state index in [9.17, 15) is 4.79 Å². The van der Waals surface area contributed by atoms with E-state index in [1.165, 1.54) is 0 Å². The fraction of sp³-hybridized carbons (Fsp3) is 0.222. The number of ether oxygens (including phenoxy) is 2. The van der Waals surface area contributed by atoms with Crippen molar-refractivity contribution in [3.8, 4) is 11.5 Å². The van der Waals surface area contributed by atoms with Crippen LogP contribution in [0.25, 0.3) is 6.08 Å². The standard InChI is InChI=1S/C27H30N2O3/c28-23-13-17-27(25(29)20-23)32-19-7-2-1-6-18-31-24-14-10-21(11-15-24)12-16-26(30)22-8-4-3-5-9-22/h3-5,8-17,20H,1-2,6-7,18-19,28-29H2. The van der Waals surface area contributed by atoms with E-state index in [0.29, 0.717) is 35.9 Å². The summed E-state index contributed by atoms with van der Waals surface area (Å²) in [6.07, 6.45) is 7.50. The van der Waals surface area contributed by atoms with Crippen molar-refractivity contribution in [1.29, 1.82) is 0 Å². The monoisotopic (exact) mass is 430 g/mol. The predicted molar refractivity (Wildman–Crippen MR) is 131 cm³/mol. The van der Waals surface area contributed by atoms with Gasteiger partial charge < -0.3 is 20.9 Å². The lowest BCUT2D eigenvalue weighted by atomic mass is 10.1. The highest BCUT2D eigenvalue weighted by molar-refractivity contribution is 6.06. The molecule has 3 rings (SSSR count). The first-order valence-electron chi connectivity index (χ1n) is 10.9. The van der Waals surface area contributed by atoms with Crippen molar-refractivity contribution < 1.29 is 14.3 Å². The molecule has 0 aromatic heterocycles. The largest absolute Gasteiger partial charge is 0.494 e. The number of nitrogens with two attached hydrogens (primary N) is 2. The Morgan fingerprint density at radius 3 is 2.16 bits per heavy atom. The first-order valence-corrected chi connectivity index (χ1v) is 10.9. The molecule has 3 aromatic carbocycles. The van der Waals surface area contributed by atoms with Crippen molar-refractivity contribution in [2.75, 3.05) is 24.7 Å². The number of carbonyl (C=O) groups excluding carboxylic acids is 1. The van der Waals surface area contributed by atoms with Crippen LogP contribution in [0.5, 0.6) is 11.5 Å². The lowest BCUT2D eigenvalue weighted by Crippen LogP contribution is -2.02.